The Labute approximate surface area is 189 Å². The van der Waals surface area contributed by atoms with E-state index in [1.165, 1.54) is 23.1 Å². The number of thioether (sulfide) groups is 1. The number of nitrogens with one attached hydrogen (secondary N) is 1. The van der Waals surface area contributed by atoms with Gasteiger partial charge >= 0.3 is 0 Å². The van der Waals surface area contributed by atoms with Crippen LogP contribution in [0.3, 0.4) is 0 Å². The zero-order valence-electron chi connectivity index (χ0n) is 16.9. The van der Waals surface area contributed by atoms with Gasteiger partial charge in [-0.05, 0) is 19.1 Å². The highest BCUT2D eigenvalue weighted by molar-refractivity contribution is 8.01. The monoisotopic (exact) mass is 444 g/mol. The first-order chi connectivity index (χ1) is 15.1. The number of amides is 1. The van der Waals surface area contributed by atoms with E-state index < -0.39 is 0 Å². The molecule has 4 nitrogen and oxygen atoms in total. The first-order valence-corrected chi connectivity index (χ1v) is 11.6. The third kappa shape index (κ3) is 5.29. The van der Waals surface area contributed by atoms with Gasteiger partial charge in [0, 0.05) is 16.7 Å². The van der Waals surface area contributed by atoms with Gasteiger partial charge in [0.15, 0.2) is 10.1 Å². The number of anilines is 1. The zero-order chi connectivity index (χ0) is 21.6. The van der Waals surface area contributed by atoms with E-state index in [0.29, 0.717) is 21.8 Å². The van der Waals surface area contributed by atoms with Gasteiger partial charge in [0.1, 0.15) is 10.7 Å². The zero-order valence-corrected chi connectivity index (χ0v) is 18.5. The molecule has 1 aromatic heterocycles. The van der Waals surface area contributed by atoms with E-state index in [9.17, 15) is 9.59 Å². The van der Waals surface area contributed by atoms with E-state index in [1.807, 2.05) is 91.9 Å². The number of Topliss-reactive ketones (excluding diaryl/α,β-unsaturated/α-hetero) is 1. The summed E-state index contributed by atoms with van der Waals surface area (Å²) >= 11 is 2.77. The molecule has 0 bridgehead atoms. The number of carbonyl (C=O) groups is 2. The fourth-order valence-corrected chi connectivity index (χ4v) is 4.91. The summed E-state index contributed by atoms with van der Waals surface area (Å²) in [6, 6.07) is 26.4. The van der Waals surface area contributed by atoms with Crippen LogP contribution in [0, 0.1) is 6.92 Å². The topological polar surface area (TPSA) is 59.1 Å². The summed E-state index contributed by atoms with van der Waals surface area (Å²) in [5, 5.41) is 3.68. The number of hydrogen-bond donors (Lipinski definition) is 1. The average molecular weight is 445 g/mol. The lowest BCUT2D eigenvalue weighted by Gasteiger charge is -2.05. The Kier molecular flexibility index (Phi) is 6.60. The second-order valence-electron chi connectivity index (χ2n) is 6.92. The smallest absolute Gasteiger partial charge is 0.256 e. The molecule has 1 amide bonds. The summed E-state index contributed by atoms with van der Waals surface area (Å²) in [4.78, 5) is 30.0. The molecule has 0 aliphatic rings. The van der Waals surface area contributed by atoms with Crippen LogP contribution in [0.2, 0.25) is 0 Å². The molecule has 4 rings (SSSR count). The van der Waals surface area contributed by atoms with E-state index in [4.69, 9.17) is 4.98 Å². The molecule has 0 fully saturated rings. The Bertz CT molecular complexity index is 1190. The van der Waals surface area contributed by atoms with Crippen LogP contribution in [0.4, 0.5) is 5.00 Å². The minimum Gasteiger partial charge on any atom is -0.312 e. The summed E-state index contributed by atoms with van der Waals surface area (Å²) in [5.41, 5.74) is 4.00. The minimum atomic E-state index is -0.183. The number of thiazole rings is 1. The number of ketones is 1. The predicted octanol–water partition coefficient (Wildman–Crippen LogP) is 6.35. The van der Waals surface area contributed by atoms with Crippen molar-refractivity contribution >= 4 is 39.8 Å². The molecular weight excluding hydrogens is 424 g/mol. The van der Waals surface area contributed by atoms with Crippen LogP contribution in [-0.4, -0.2) is 22.4 Å². The van der Waals surface area contributed by atoms with Crippen molar-refractivity contribution in [2.45, 2.75) is 11.3 Å². The molecule has 0 saturated carbocycles. The number of aryl methyl sites for hydroxylation is 1. The van der Waals surface area contributed by atoms with Gasteiger partial charge in [-0.2, -0.15) is 0 Å². The molecule has 0 unspecified atom stereocenters. The maximum absolute atomic E-state index is 12.8. The lowest BCUT2D eigenvalue weighted by Crippen LogP contribution is -2.11. The number of aromatic nitrogens is 1. The van der Waals surface area contributed by atoms with E-state index in [1.54, 1.807) is 0 Å². The van der Waals surface area contributed by atoms with Gasteiger partial charge < -0.3 is 5.32 Å². The number of benzene rings is 3. The van der Waals surface area contributed by atoms with E-state index in [-0.39, 0.29) is 17.4 Å². The van der Waals surface area contributed by atoms with Crippen LogP contribution in [0.5, 0.6) is 0 Å². The highest BCUT2D eigenvalue weighted by Gasteiger charge is 2.18. The molecule has 0 aliphatic carbocycles. The van der Waals surface area contributed by atoms with E-state index >= 15 is 0 Å². The molecule has 0 atom stereocenters. The molecule has 0 spiro atoms. The van der Waals surface area contributed by atoms with Crippen molar-refractivity contribution in [2.75, 3.05) is 11.1 Å². The van der Waals surface area contributed by atoms with Crippen molar-refractivity contribution in [1.82, 2.24) is 4.98 Å². The molecule has 0 aliphatic heterocycles. The minimum absolute atomic E-state index is 0.0484. The summed E-state index contributed by atoms with van der Waals surface area (Å²) < 4.78 is 0.738. The average Bonchev–Trinajstić information content (AvgIpc) is 3.21. The Morgan fingerprint density at radius 2 is 1.52 bits per heavy atom. The number of rotatable bonds is 7. The van der Waals surface area contributed by atoms with Crippen LogP contribution in [0.1, 0.15) is 26.3 Å². The SMILES string of the molecule is Cc1ccc(C(=O)Nc2sc(SCC(=O)c3ccccc3)nc2-c2ccccc2)cc1. The van der Waals surface area contributed by atoms with Gasteiger partial charge in [-0.15, -0.1) is 0 Å². The number of carbonyl (C=O) groups excluding carboxylic acids is 2. The fraction of sp³-hybridized carbons (Fsp3) is 0.0800. The molecule has 0 saturated heterocycles. The molecule has 3 aromatic carbocycles. The maximum atomic E-state index is 12.8. The second-order valence-corrected chi connectivity index (χ2v) is 9.14. The normalized spacial score (nSPS) is 10.6. The first kappa shape index (κ1) is 21.0. The Morgan fingerprint density at radius 3 is 2.19 bits per heavy atom. The van der Waals surface area contributed by atoms with Crippen molar-refractivity contribution < 1.29 is 9.59 Å². The van der Waals surface area contributed by atoms with E-state index in [0.717, 1.165) is 15.5 Å². The van der Waals surface area contributed by atoms with Crippen molar-refractivity contribution in [3.63, 3.8) is 0 Å². The molecule has 154 valence electrons. The van der Waals surface area contributed by atoms with Gasteiger partial charge in [-0.25, -0.2) is 4.98 Å². The molecule has 0 radical (unpaired) electrons. The van der Waals surface area contributed by atoms with Gasteiger partial charge in [0.25, 0.3) is 5.91 Å². The van der Waals surface area contributed by atoms with Gasteiger partial charge in [-0.3, -0.25) is 9.59 Å². The van der Waals surface area contributed by atoms with Crippen LogP contribution >= 0.6 is 23.1 Å². The highest BCUT2D eigenvalue weighted by atomic mass is 32.2. The standard InChI is InChI=1S/C25H20N2O2S2/c1-17-12-14-20(15-13-17)23(29)27-24-22(19-10-6-3-7-11-19)26-25(31-24)30-16-21(28)18-8-4-2-5-9-18/h2-15H,16H2,1H3,(H,27,29). The quantitative estimate of drug-likeness (QED) is 0.267. The van der Waals surface area contributed by atoms with Crippen LogP contribution < -0.4 is 5.32 Å². The molecule has 6 heteroatoms. The number of nitrogens with zero attached hydrogens (tertiary/aromatic N) is 1. The second kappa shape index (κ2) is 9.73. The predicted molar refractivity (Wildman–Crippen MR) is 128 cm³/mol. The van der Waals surface area contributed by atoms with Gasteiger partial charge in [0.05, 0.1) is 5.75 Å². The third-order valence-corrected chi connectivity index (χ3v) is 6.73. The van der Waals surface area contributed by atoms with Crippen molar-refractivity contribution in [2.24, 2.45) is 0 Å². The van der Waals surface area contributed by atoms with Crippen molar-refractivity contribution in [1.29, 1.82) is 0 Å². The third-order valence-electron chi connectivity index (χ3n) is 4.62. The van der Waals surface area contributed by atoms with Crippen LogP contribution in [0.15, 0.2) is 89.3 Å². The Morgan fingerprint density at radius 1 is 0.871 bits per heavy atom. The summed E-state index contributed by atoms with van der Waals surface area (Å²) in [7, 11) is 0. The van der Waals surface area contributed by atoms with Crippen LogP contribution in [0.25, 0.3) is 11.3 Å². The van der Waals surface area contributed by atoms with Crippen molar-refractivity contribution in [3.8, 4) is 11.3 Å². The lowest BCUT2D eigenvalue weighted by atomic mass is 10.1. The van der Waals surface area contributed by atoms with E-state index in [2.05, 4.69) is 5.32 Å². The lowest BCUT2D eigenvalue weighted by molar-refractivity contribution is 0.101. The van der Waals surface area contributed by atoms with Crippen LogP contribution in [-0.2, 0) is 0 Å². The summed E-state index contributed by atoms with van der Waals surface area (Å²) in [5.74, 6) is 0.155. The van der Waals surface area contributed by atoms with Crippen molar-refractivity contribution in [3.05, 3.63) is 102 Å². The van der Waals surface area contributed by atoms with Gasteiger partial charge in [0.2, 0.25) is 0 Å². The van der Waals surface area contributed by atoms with Gasteiger partial charge in [-0.1, -0.05) is 101 Å². The molecule has 4 aromatic rings. The molecule has 1 N–H and O–H groups in total. The Hall–Kier alpha value is -3.22. The summed E-state index contributed by atoms with van der Waals surface area (Å²) in [6.45, 7) is 1.98. The molecular formula is C25H20N2O2S2. The highest BCUT2D eigenvalue weighted by Crippen LogP contribution is 2.38. The summed E-state index contributed by atoms with van der Waals surface area (Å²) in [6.07, 6.45) is 0. The first-order valence-electron chi connectivity index (χ1n) is 9.75. The molecule has 1 heterocycles. The number of hydrogen-bond acceptors (Lipinski definition) is 5. The molecule has 31 heavy (non-hydrogen) atoms. The fourth-order valence-electron chi connectivity index (χ4n) is 2.95. The largest absolute Gasteiger partial charge is 0.312 e. The maximum Gasteiger partial charge on any atom is 0.256 e. The Balaban J connectivity index is 1.56.